The van der Waals surface area contributed by atoms with Gasteiger partial charge in [0.05, 0.1) is 23.9 Å². The second-order valence-corrected chi connectivity index (χ2v) is 13.4. The van der Waals surface area contributed by atoms with Gasteiger partial charge in [-0.05, 0) is 93.0 Å². The second kappa shape index (κ2) is 8.85. The van der Waals surface area contributed by atoms with Gasteiger partial charge >= 0.3 is 5.97 Å². The predicted octanol–water partition coefficient (Wildman–Crippen LogP) is 2.66. The van der Waals surface area contributed by atoms with Crippen LogP contribution in [0.25, 0.3) is 0 Å². The summed E-state index contributed by atoms with van der Waals surface area (Å²) in [7, 11) is 0. The molecule has 0 bridgehead atoms. The number of hydrogen-bond donors (Lipinski definition) is 3. The number of hydrogen-bond acceptors (Lipinski definition) is 8. The van der Waals surface area contributed by atoms with Crippen molar-refractivity contribution in [2.45, 2.75) is 115 Å². The molecule has 0 aromatic carbocycles. The SMILES string of the molecule is CC1CC(O)C(=O)C(OC2CC3CCC4C(CCC5(C)C(C6=CC(=O)OC6)CCC45O)C3(C)CC2O)O1. The lowest BCUT2D eigenvalue weighted by atomic mass is 9.43. The highest BCUT2D eigenvalue weighted by Crippen LogP contribution is 2.70. The summed E-state index contributed by atoms with van der Waals surface area (Å²) >= 11 is 0. The van der Waals surface area contributed by atoms with Gasteiger partial charge in [0, 0.05) is 17.9 Å². The van der Waals surface area contributed by atoms with E-state index in [2.05, 4.69) is 13.8 Å². The van der Waals surface area contributed by atoms with Crippen molar-refractivity contribution in [1.29, 1.82) is 0 Å². The van der Waals surface area contributed by atoms with Crippen LogP contribution >= 0.6 is 0 Å². The summed E-state index contributed by atoms with van der Waals surface area (Å²) in [6.07, 6.45) is 4.70. The van der Waals surface area contributed by atoms with Crippen LogP contribution in [-0.2, 0) is 23.8 Å². The summed E-state index contributed by atoms with van der Waals surface area (Å²) in [5.41, 5.74) is -0.179. The van der Waals surface area contributed by atoms with Gasteiger partial charge in [0.15, 0.2) is 0 Å². The first-order chi connectivity index (χ1) is 17.5. The first-order valence-electron chi connectivity index (χ1n) is 14.3. The molecular weight excluding hydrogens is 476 g/mol. The number of ketones is 1. The molecule has 12 atom stereocenters. The largest absolute Gasteiger partial charge is 0.458 e. The minimum atomic E-state index is -1.13. The van der Waals surface area contributed by atoms with E-state index in [1.165, 1.54) is 0 Å². The molecule has 0 aromatic heterocycles. The van der Waals surface area contributed by atoms with Gasteiger partial charge in [0.1, 0.15) is 12.7 Å². The fourth-order valence-electron chi connectivity index (χ4n) is 9.74. The van der Waals surface area contributed by atoms with Crippen LogP contribution in [0.5, 0.6) is 0 Å². The molecule has 4 saturated carbocycles. The normalized spacial score (nSPS) is 53.7. The van der Waals surface area contributed by atoms with Gasteiger partial charge in [-0.2, -0.15) is 0 Å². The lowest BCUT2D eigenvalue weighted by Gasteiger charge is -2.64. The quantitative estimate of drug-likeness (QED) is 0.385. The number of carbonyl (C=O) groups is 2. The van der Waals surface area contributed by atoms with E-state index in [4.69, 9.17) is 14.2 Å². The number of Topliss-reactive ketones (excluding diaryl/α,β-unsaturated/α-hetero) is 1. The summed E-state index contributed by atoms with van der Waals surface area (Å²) in [6.45, 7) is 6.66. The lowest BCUT2D eigenvalue weighted by molar-refractivity contribution is -0.255. The van der Waals surface area contributed by atoms with E-state index in [0.29, 0.717) is 31.3 Å². The third-order valence-corrected chi connectivity index (χ3v) is 11.7. The lowest BCUT2D eigenvalue weighted by Crippen LogP contribution is -2.63. The Morgan fingerprint density at radius 2 is 1.81 bits per heavy atom. The average molecular weight is 519 g/mol. The molecule has 3 N–H and O–H groups in total. The molecule has 206 valence electrons. The third-order valence-electron chi connectivity index (χ3n) is 11.7. The standard InChI is InChI=1S/C29H42O8/c1-15-10-21(30)25(33)26(36-15)37-23-12-17-4-5-20-19(27(17,2)13-22(23)31)6-8-28(3)18(7-9-29(20,28)34)16-11-24(32)35-14-16/h11,15,17-23,26,30-31,34H,4-10,12-14H2,1-3H3. The van der Waals surface area contributed by atoms with Gasteiger partial charge in [-0.25, -0.2) is 4.79 Å². The monoisotopic (exact) mass is 518 g/mol. The maximum absolute atomic E-state index is 12.5. The van der Waals surface area contributed by atoms with Crippen LogP contribution in [0.3, 0.4) is 0 Å². The molecule has 6 rings (SSSR count). The van der Waals surface area contributed by atoms with Crippen LogP contribution < -0.4 is 0 Å². The van der Waals surface area contributed by atoms with Crippen LogP contribution in [-0.4, -0.2) is 70.0 Å². The number of ether oxygens (including phenoxy) is 3. The van der Waals surface area contributed by atoms with Crippen molar-refractivity contribution in [3.05, 3.63) is 11.6 Å². The van der Waals surface area contributed by atoms with Crippen LogP contribution in [0, 0.1) is 34.5 Å². The number of cyclic esters (lactones) is 1. The summed E-state index contributed by atoms with van der Waals surface area (Å²) in [6, 6.07) is 0. The zero-order chi connectivity index (χ0) is 26.3. The fraction of sp³-hybridized carbons (Fsp3) is 0.862. The van der Waals surface area contributed by atoms with Crippen molar-refractivity contribution in [1.82, 2.24) is 0 Å². The molecule has 8 heteroatoms. The molecular formula is C29H42O8. The van der Waals surface area contributed by atoms with Crippen molar-refractivity contribution < 1.29 is 39.1 Å². The number of aliphatic hydroxyl groups is 3. The van der Waals surface area contributed by atoms with E-state index in [9.17, 15) is 24.9 Å². The molecule has 37 heavy (non-hydrogen) atoms. The molecule has 4 aliphatic carbocycles. The van der Waals surface area contributed by atoms with Crippen LogP contribution in [0.15, 0.2) is 11.6 Å². The first kappa shape index (κ1) is 25.9. The Morgan fingerprint density at radius 1 is 1.03 bits per heavy atom. The maximum Gasteiger partial charge on any atom is 0.331 e. The third kappa shape index (κ3) is 3.80. The van der Waals surface area contributed by atoms with Crippen molar-refractivity contribution in [3.8, 4) is 0 Å². The number of fused-ring (bicyclic) bond motifs is 5. The van der Waals surface area contributed by atoms with Crippen LogP contribution in [0.1, 0.15) is 78.6 Å². The molecule has 0 aromatic rings. The molecule has 0 amide bonds. The summed E-state index contributed by atoms with van der Waals surface area (Å²) in [5, 5.41) is 33.7. The van der Waals surface area contributed by atoms with E-state index < -0.39 is 36.0 Å². The Morgan fingerprint density at radius 3 is 2.54 bits per heavy atom. The molecule has 2 heterocycles. The van der Waals surface area contributed by atoms with Crippen molar-refractivity contribution in [2.75, 3.05) is 6.61 Å². The van der Waals surface area contributed by atoms with Gasteiger partial charge in [-0.3, -0.25) is 4.79 Å². The molecule has 5 fully saturated rings. The number of carbonyl (C=O) groups excluding carboxylic acids is 2. The van der Waals surface area contributed by atoms with Crippen LogP contribution in [0.4, 0.5) is 0 Å². The number of esters is 1. The fourth-order valence-corrected chi connectivity index (χ4v) is 9.74. The number of rotatable bonds is 3. The average Bonchev–Trinajstić information content (AvgIpc) is 3.37. The van der Waals surface area contributed by atoms with Crippen LogP contribution in [0.2, 0.25) is 0 Å². The van der Waals surface area contributed by atoms with Gasteiger partial charge in [-0.15, -0.1) is 0 Å². The smallest absolute Gasteiger partial charge is 0.331 e. The molecule has 0 radical (unpaired) electrons. The zero-order valence-corrected chi connectivity index (χ0v) is 22.2. The van der Waals surface area contributed by atoms with E-state index in [0.717, 1.165) is 44.1 Å². The first-order valence-corrected chi connectivity index (χ1v) is 14.3. The molecule has 1 saturated heterocycles. The molecule has 6 aliphatic rings. The van der Waals surface area contributed by atoms with Crippen molar-refractivity contribution in [3.63, 3.8) is 0 Å². The van der Waals surface area contributed by atoms with Gasteiger partial charge < -0.3 is 29.5 Å². The summed E-state index contributed by atoms with van der Waals surface area (Å²) in [5.74, 6) is 0.195. The Labute approximate surface area is 218 Å². The second-order valence-electron chi connectivity index (χ2n) is 13.4. The maximum atomic E-state index is 12.5. The molecule has 2 aliphatic heterocycles. The summed E-state index contributed by atoms with van der Waals surface area (Å²) in [4.78, 5) is 24.2. The predicted molar refractivity (Wildman–Crippen MR) is 132 cm³/mol. The molecule has 12 unspecified atom stereocenters. The van der Waals surface area contributed by atoms with E-state index >= 15 is 0 Å². The Bertz CT molecular complexity index is 994. The highest BCUT2D eigenvalue weighted by atomic mass is 16.7. The van der Waals surface area contributed by atoms with E-state index in [1.807, 2.05) is 6.92 Å². The molecule has 0 spiro atoms. The highest BCUT2D eigenvalue weighted by Gasteiger charge is 2.68. The van der Waals surface area contributed by atoms with Gasteiger partial charge in [0.25, 0.3) is 0 Å². The topological polar surface area (TPSA) is 123 Å². The zero-order valence-electron chi connectivity index (χ0n) is 22.2. The summed E-state index contributed by atoms with van der Waals surface area (Å²) < 4.78 is 16.9. The Kier molecular flexibility index (Phi) is 6.20. The highest BCUT2D eigenvalue weighted by molar-refractivity contribution is 5.86. The minimum Gasteiger partial charge on any atom is -0.458 e. The Balaban J connectivity index is 1.20. The number of aliphatic hydroxyl groups excluding tert-OH is 2. The Hall–Kier alpha value is -1.32. The van der Waals surface area contributed by atoms with Gasteiger partial charge in [0.2, 0.25) is 12.1 Å². The minimum absolute atomic E-state index is 0.132. The van der Waals surface area contributed by atoms with Gasteiger partial charge in [-0.1, -0.05) is 13.8 Å². The van der Waals surface area contributed by atoms with Crippen molar-refractivity contribution >= 4 is 11.8 Å². The van der Waals surface area contributed by atoms with E-state index in [1.54, 1.807) is 6.08 Å². The molecule has 8 nitrogen and oxygen atoms in total. The van der Waals surface area contributed by atoms with Crippen molar-refractivity contribution in [2.24, 2.45) is 34.5 Å². The van der Waals surface area contributed by atoms with E-state index in [-0.39, 0.29) is 41.2 Å².